The predicted molar refractivity (Wildman–Crippen MR) is 112 cm³/mol. The molecular weight excluding hydrogens is 366 g/mol. The molecule has 0 saturated heterocycles. The van der Waals surface area contributed by atoms with Crippen LogP contribution in [0.15, 0.2) is 36.5 Å². The molecule has 1 aromatic heterocycles. The molecule has 2 aromatic rings. The first kappa shape index (κ1) is 20.8. The Morgan fingerprint density at radius 2 is 1.83 bits per heavy atom. The number of fused-ring (bicyclic) bond motifs is 1. The summed E-state index contributed by atoms with van der Waals surface area (Å²) in [7, 11) is 1.61. The largest absolute Gasteiger partial charge is 0.444 e. The van der Waals surface area contributed by atoms with Crippen LogP contribution in [-0.2, 0) is 24.0 Å². The lowest BCUT2D eigenvalue weighted by atomic mass is 9.98. The summed E-state index contributed by atoms with van der Waals surface area (Å²) in [5.41, 5.74) is 4.72. The fraction of sp³-hybridized carbons (Fsp3) is 0.435. The first-order valence-corrected chi connectivity index (χ1v) is 10.0. The number of carbonyl (C=O) groups excluding carboxylic acids is 2. The summed E-state index contributed by atoms with van der Waals surface area (Å²) < 4.78 is 5.52. The molecule has 0 atom stereocenters. The highest BCUT2D eigenvalue weighted by Gasteiger charge is 2.24. The van der Waals surface area contributed by atoms with Gasteiger partial charge in [-0.05, 0) is 62.4 Å². The van der Waals surface area contributed by atoms with Crippen LogP contribution in [0.1, 0.15) is 53.5 Å². The van der Waals surface area contributed by atoms with E-state index in [9.17, 15) is 9.59 Å². The van der Waals surface area contributed by atoms with Gasteiger partial charge in [-0.2, -0.15) is 0 Å². The number of hydrogen-bond acceptors (Lipinski definition) is 4. The summed E-state index contributed by atoms with van der Waals surface area (Å²) in [4.78, 5) is 30.2. The van der Waals surface area contributed by atoms with Gasteiger partial charge in [-0.3, -0.25) is 9.78 Å². The van der Waals surface area contributed by atoms with Gasteiger partial charge in [0.15, 0.2) is 0 Å². The zero-order chi connectivity index (χ0) is 21.0. The third kappa shape index (κ3) is 5.56. The molecule has 0 saturated carbocycles. The van der Waals surface area contributed by atoms with Crippen LogP contribution in [0.5, 0.6) is 0 Å². The molecule has 6 heteroatoms. The van der Waals surface area contributed by atoms with Gasteiger partial charge in [0.25, 0.3) is 5.91 Å². The minimum atomic E-state index is -0.482. The molecule has 0 aliphatic carbocycles. The Bertz CT molecular complexity index is 885. The molecule has 0 spiro atoms. The van der Waals surface area contributed by atoms with Gasteiger partial charge in [-0.25, -0.2) is 4.79 Å². The highest BCUT2D eigenvalue weighted by atomic mass is 16.6. The van der Waals surface area contributed by atoms with E-state index in [0.29, 0.717) is 25.1 Å². The van der Waals surface area contributed by atoms with Gasteiger partial charge in [0.1, 0.15) is 5.60 Å². The van der Waals surface area contributed by atoms with Crippen molar-refractivity contribution in [2.45, 2.75) is 45.6 Å². The number of amides is 2. The number of rotatable bonds is 3. The zero-order valence-electron chi connectivity index (χ0n) is 17.6. The van der Waals surface area contributed by atoms with E-state index in [1.807, 2.05) is 26.8 Å². The number of aromatic nitrogens is 1. The molecular formula is C23H29N3O3. The van der Waals surface area contributed by atoms with Crippen LogP contribution in [0.4, 0.5) is 4.79 Å². The topological polar surface area (TPSA) is 71.5 Å². The molecule has 0 fully saturated rings. The van der Waals surface area contributed by atoms with Gasteiger partial charge < -0.3 is 15.0 Å². The van der Waals surface area contributed by atoms with Gasteiger partial charge in [0, 0.05) is 38.4 Å². The van der Waals surface area contributed by atoms with Crippen molar-refractivity contribution in [3.63, 3.8) is 0 Å². The normalized spacial score (nSPS) is 14.0. The fourth-order valence-electron chi connectivity index (χ4n) is 3.41. The van der Waals surface area contributed by atoms with Gasteiger partial charge in [-0.1, -0.05) is 18.2 Å². The minimum Gasteiger partial charge on any atom is -0.444 e. The van der Waals surface area contributed by atoms with Gasteiger partial charge >= 0.3 is 6.09 Å². The van der Waals surface area contributed by atoms with Crippen LogP contribution in [0.3, 0.4) is 0 Å². The van der Waals surface area contributed by atoms with Crippen LogP contribution in [0.2, 0.25) is 0 Å². The molecule has 1 aliphatic heterocycles. The van der Waals surface area contributed by atoms with Crippen molar-refractivity contribution in [1.82, 2.24) is 15.2 Å². The number of ether oxygens (including phenoxy) is 1. The van der Waals surface area contributed by atoms with Crippen molar-refractivity contribution in [2.75, 3.05) is 20.1 Å². The van der Waals surface area contributed by atoms with E-state index in [-0.39, 0.29) is 12.0 Å². The molecule has 1 aromatic carbocycles. The molecule has 154 valence electrons. The second kappa shape index (κ2) is 8.64. The van der Waals surface area contributed by atoms with Crippen molar-refractivity contribution < 1.29 is 14.3 Å². The van der Waals surface area contributed by atoms with E-state index in [4.69, 9.17) is 4.74 Å². The highest BCUT2D eigenvalue weighted by molar-refractivity contribution is 5.93. The Kier molecular flexibility index (Phi) is 6.20. The number of pyridine rings is 1. The van der Waals surface area contributed by atoms with Gasteiger partial charge in [-0.15, -0.1) is 0 Å². The third-order valence-corrected chi connectivity index (χ3v) is 4.92. The molecule has 2 heterocycles. The van der Waals surface area contributed by atoms with Crippen molar-refractivity contribution >= 4 is 12.0 Å². The Labute approximate surface area is 172 Å². The van der Waals surface area contributed by atoms with Crippen molar-refractivity contribution in [3.8, 4) is 0 Å². The number of hydrogen-bond donors (Lipinski definition) is 1. The standard InChI is InChI=1S/C23H29N3O3/c1-23(2,3)29-22(28)26-11-9-17-6-5-16(13-18(17)10-12-26)14-20-8-7-19(15-25-20)21(27)24-4/h5-8,13,15H,9-12,14H2,1-4H3,(H,24,27). The molecule has 3 rings (SSSR count). The maximum atomic E-state index is 12.4. The number of nitrogens with one attached hydrogen (secondary N) is 1. The van der Waals surface area contributed by atoms with E-state index in [1.165, 1.54) is 16.7 Å². The van der Waals surface area contributed by atoms with E-state index in [2.05, 4.69) is 28.5 Å². The predicted octanol–water partition coefficient (Wildman–Crippen LogP) is 3.37. The van der Waals surface area contributed by atoms with Crippen LogP contribution >= 0.6 is 0 Å². The average molecular weight is 396 g/mol. The van der Waals surface area contributed by atoms with Crippen molar-refractivity contribution in [1.29, 1.82) is 0 Å². The highest BCUT2D eigenvalue weighted by Crippen LogP contribution is 2.21. The SMILES string of the molecule is CNC(=O)c1ccc(Cc2ccc3c(c2)CCN(C(=O)OC(C)(C)C)CC3)nc1. The quantitative estimate of drug-likeness (QED) is 0.865. The molecule has 6 nitrogen and oxygen atoms in total. The van der Waals surface area contributed by atoms with Crippen molar-refractivity contribution in [2.24, 2.45) is 0 Å². The second-order valence-corrected chi connectivity index (χ2v) is 8.36. The average Bonchev–Trinajstić information content (AvgIpc) is 2.89. The molecule has 0 radical (unpaired) electrons. The summed E-state index contributed by atoms with van der Waals surface area (Å²) in [5.74, 6) is -0.136. The van der Waals surface area contributed by atoms with Crippen LogP contribution in [-0.4, -0.2) is 47.6 Å². The number of carbonyl (C=O) groups is 2. The number of benzene rings is 1. The lowest BCUT2D eigenvalue weighted by Gasteiger charge is -2.26. The molecule has 29 heavy (non-hydrogen) atoms. The Hall–Kier alpha value is -2.89. The minimum absolute atomic E-state index is 0.136. The van der Waals surface area contributed by atoms with Gasteiger partial charge in [0.2, 0.25) is 0 Å². The van der Waals surface area contributed by atoms with E-state index in [0.717, 1.165) is 18.5 Å². The molecule has 2 amide bonds. The van der Waals surface area contributed by atoms with E-state index in [1.54, 1.807) is 24.2 Å². The smallest absolute Gasteiger partial charge is 0.410 e. The summed E-state index contributed by atoms with van der Waals surface area (Å²) in [6.07, 6.45) is 3.71. The Morgan fingerprint density at radius 3 is 2.45 bits per heavy atom. The van der Waals surface area contributed by atoms with Crippen LogP contribution in [0, 0.1) is 0 Å². The third-order valence-electron chi connectivity index (χ3n) is 4.92. The van der Waals surface area contributed by atoms with Crippen LogP contribution < -0.4 is 5.32 Å². The summed E-state index contributed by atoms with van der Waals surface area (Å²) >= 11 is 0. The maximum absolute atomic E-state index is 12.4. The van der Waals surface area contributed by atoms with Gasteiger partial charge in [0.05, 0.1) is 5.56 Å². The monoisotopic (exact) mass is 395 g/mol. The zero-order valence-corrected chi connectivity index (χ0v) is 17.6. The summed E-state index contributed by atoms with van der Waals surface area (Å²) in [5, 5.41) is 2.60. The maximum Gasteiger partial charge on any atom is 0.410 e. The summed E-state index contributed by atoms with van der Waals surface area (Å²) in [6.45, 7) is 6.99. The lowest BCUT2D eigenvalue weighted by molar-refractivity contribution is 0.0258. The van der Waals surface area contributed by atoms with E-state index < -0.39 is 5.60 Å². The first-order chi connectivity index (χ1) is 13.7. The Balaban J connectivity index is 1.67. The number of nitrogens with zero attached hydrogens (tertiary/aromatic N) is 2. The summed E-state index contributed by atoms with van der Waals surface area (Å²) in [6, 6.07) is 10.2. The molecule has 1 aliphatic rings. The van der Waals surface area contributed by atoms with E-state index >= 15 is 0 Å². The second-order valence-electron chi connectivity index (χ2n) is 8.36. The molecule has 1 N–H and O–H groups in total. The van der Waals surface area contributed by atoms with Crippen LogP contribution in [0.25, 0.3) is 0 Å². The fourth-order valence-corrected chi connectivity index (χ4v) is 3.41. The lowest BCUT2D eigenvalue weighted by Crippen LogP contribution is -2.38. The Morgan fingerprint density at radius 1 is 1.10 bits per heavy atom. The van der Waals surface area contributed by atoms with Crippen molar-refractivity contribution in [3.05, 3.63) is 64.5 Å². The molecule has 0 unspecified atom stereocenters. The first-order valence-electron chi connectivity index (χ1n) is 10.0. The molecule has 0 bridgehead atoms.